The van der Waals surface area contributed by atoms with Gasteiger partial charge in [0.1, 0.15) is 17.1 Å². The Balaban J connectivity index is 1.91. The van der Waals surface area contributed by atoms with E-state index in [2.05, 4.69) is 9.98 Å². The SMILES string of the molecule is Oc1ccc(Cl)cc1C=Nc1c(-c2ccc(Cl)cc2Cl)nc2ccccn12. The molecule has 2 aromatic carbocycles. The number of hydrogen-bond acceptors (Lipinski definition) is 3. The molecule has 4 nitrogen and oxygen atoms in total. The second-order valence-electron chi connectivity index (χ2n) is 5.80. The Morgan fingerprint density at radius 1 is 0.963 bits per heavy atom. The van der Waals surface area contributed by atoms with Crippen LogP contribution in [0.4, 0.5) is 5.82 Å². The molecule has 0 saturated carbocycles. The molecule has 134 valence electrons. The summed E-state index contributed by atoms with van der Waals surface area (Å²) < 4.78 is 1.85. The van der Waals surface area contributed by atoms with Crippen LogP contribution in [0.1, 0.15) is 5.56 Å². The Morgan fingerprint density at radius 2 is 1.74 bits per heavy atom. The predicted molar refractivity (Wildman–Crippen MR) is 111 cm³/mol. The molecule has 2 aromatic heterocycles. The number of pyridine rings is 1. The van der Waals surface area contributed by atoms with E-state index in [4.69, 9.17) is 34.8 Å². The zero-order valence-corrected chi connectivity index (χ0v) is 16.0. The van der Waals surface area contributed by atoms with Gasteiger partial charge in [0.2, 0.25) is 0 Å². The molecule has 7 heteroatoms. The van der Waals surface area contributed by atoms with E-state index in [-0.39, 0.29) is 5.75 Å². The van der Waals surface area contributed by atoms with Crippen LogP contribution in [0.25, 0.3) is 16.9 Å². The molecule has 0 aliphatic carbocycles. The minimum Gasteiger partial charge on any atom is -0.507 e. The third-order valence-corrected chi connectivity index (χ3v) is 4.79. The van der Waals surface area contributed by atoms with Gasteiger partial charge >= 0.3 is 0 Å². The van der Waals surface area contributed by atoms with Crippen LogP contribution in [0.15, 0.2) is 65.8 Å². The molecule has 0 aliphatic rings. The zero-order chi connectivity index (χ0) is 19.0. The van der Waals surface area contributed by atoms with E-state index in [0.717, 1.165) is 5.65 Å². The Morgan fingerprint density at radius 3 is 2.56 bits per heavy atom. The van der Waals surface area contributed by atoms with E-state index in [1.165, 1.54) is 6.07 Å². The Hall–Kier alpha value is -2.53. The van der Waals surface area contributed by atoms with E-state index in [1.54, 1.807) is 30.5 Å². The second-order valence-corrected chi connectivity index (χ2v) is 7.08. The first-order valence-electron chi connectivity index (χ1n) is 7.98. The molecule has 0 radical (unpaired) electrons. The molecule has 0 bridgehead atoms. The van der Waals surface area contributed by atoms with E-state index < -0.39 is 0 Å². The number of imidazole rings is 1. The van der Waals surface area contributed by atoms with Crippen molar-refractivity contribution in [1.29, 1.82) is 0 Å². The fourth-order valence-electron chi connectivity index (χ4n) is 2.73. The van der Waals surface area contributed by atoms with Crippen molar-refractivity contribution >= 4 is 52.5 Å². The third kappa shape index (κ3) is 3.52. The van der Waals surface area contributed by atoms with Crippen LogP contribution in [-0.2, 0) is 0 Å². The number of phenols is 1. The van der Waals surface area contributed by atoms with Crippen molar-refractivity contribution in [2.45, 2.75) is 0 Å². The lowest BCUT2D eigenvalue weighted by Crippen LogP contribution is -1.86. The normalized spacial score (nSPS) is 11.5. The molecular weight excluding hydrogens is 405 g/mol. The van der Waals surface area contributed by atoms with Gasteiger partial charge < -0.3 is 5.11 Å². The van der Waals surface area contributed by atoms with Crippen molar-refractivity contribution in [2.24, 2.45) is 4.99 Å². The molecule has 0 spiro atoms. The summed E-state index contributed by atoms with van der Waals surface area (Å²) in [6.07, 6.45) is 3.41. The summed E-state index contributed by atoms with van der Waals surface area (Å²) >= 11 is 18.4. The van der Waals surface area contributed by atoms with E-state index in [0.29, 0.717) is 37.7 Å². The maximum Gasteiger partial charge on any atom is 0.165 e. The highest BCUT2D eigenvalue weighted by atomic mass is 35.5. The number of aromatic hydroxyl groups is 1. The van der Waals surface area contributed by atoms with Crippen molar-refractivity contribution in [1.82, 2.24) is 9.38 Å². The van der Waals surface area contributed by atoms with Gasteiger partial charge in [-0.05, 0) is 48.5 Å². The van der Waals surface area contributed by atoms with Gasteiger partial charge in [0.05, 0.1) is 5.02 Å². The highest BCUT2D eigenvalue weighted by Gasteiger charge is 2.16. The van der Waals surface area contributed by atoms with Crippen LogP contribution < -0.4 is 0 Å². The van der Waals surface area contributed by atoms with Crippen molar-refractivity contribution < 1.29 is 5.11 Å². The summed E-state index contributed by atoms with van der Waals surface area (Å²) in [6.45, 7) is 0. The van der Waals surface area contributed by atoms with Crippen LogP contribution in [0.5, 0.6) is 5.75 Å². The number of phenolic OH excluding ortho intramolecular Hbond substituents is 1. The fraction of sp³-hybridized carbons (Fsp3) is 0. The number of hydrogen-bond donors (Lipinski definition) is 1. The Kier molecular flexibility index (Phi) is 4.79. The number of benzene rings is 2. The van der Waals surface area contributed by atoms with E-state index in [1.807, 2.05) is 34.9 Å². The largest absolute Gasteiger partial charge is 0.507 e. The molecule has 0 saturated heterocycles. The first-order chi connectivity index (χ1) is 13.0. The monoisotopic (exact) mass is 415 g/mol. The molecule has 0 fully saturated rings. The minimum atomic E-state index is 0.0862. The zero-order valence-electron chi connectivity index (χ0n) is 13.8. The second kappa shape index (κ2) is 7.24. The summed E-state index contributed by atoms with van der Waals surface area (Å²) in [6, 6.07) is 15.7. The molecule has 1 N–H and O–H groups in total. The number of fused-ring (bicyclic) bond motifs is 1. The minimum absolute atomic E-state index is 0.0862. The quantitative estimate of drug-likeness (QED) is 0.392. The molecule has 27 heavy (non-hydrogen) atoms. The number of aromatic nitrogens is 2. The molecule has 0 atom stereocenters. The van der Waals surface area contributed by atoms with Crippen LogP contribution >= 0.6 is 34.8 Å². The van der Waals surface area contributed by atoms with Gasteiger partial charge in [-0.2, -0.15) is 0 Å². The standard InChI is InChI=1S/C20H12Cl3N3O/c21-13-5-7-17(27)12(9-13)11-24-20-19(15-6-4-14(22)10-16(15)23)25-18-3-1-2-8-26(18)20/h1-11,27H. The van der Waals surface area contributed by atoms with E-state index >= 15 is 0 Å². The average Bonchev–Trinajstić information content (AvgIpc) is 3.01. The first kappa shape index (κ1) is 17.9. The lowest BCUT2D eigenvalue weighted by molar-refractivity contribution is 0.474. The number of rotatable bonds is 3. The lowest BCUT2D eigenvalue weighted by Gasteiger charge is -2.04. The summed E-state index contributed by atoms with van der Waals surface area (Å²) in [5.41, 5.74) is 2.55. The molecule has 4 rings (SSSR count). The van der Waals surface area contributed by atoms with Crippen LogP contribution in [0, 0.1) is 0 Å². The average molecular weight is 417 g/mol. The van der Waals surface area contributed by atoms with Crippen LogP contribution in [0.3, 0.4) is 0 Å². The van der Waals surface area contributed by atoms with Gasteiger partial charge in [-0.3, -0.25) is 4.40 Å². The Labute approximate surface area is 170 Å². The van der Waals surface area contributed by atoms with Gasteiger partial charge in [0, 0.05) is 33.6 Å². The van der Waals surface area contributed by atoms with Crippen molar-refractivity contribution in [3.63, 3.8) is 0 Å². The highest BCUT2D eigenvalue weighted by molar-refractivity contribution is 6.36. The summed E-state index contributed by atoms with van der Waals surface area (Å²) in [7, 11) is 0. The molecular formula is C20H12Cl3N3O. The van der Waals surface area contributed by atoms with Gasteiger partial charge in [0.15, 0.2) is 5.82 Å². The lowest BCUT2D eigenvalue weighted by atomic mass is 10.1. The van der Waals surface area contributed by atoms with Gasteiger partial charge in [0.25, 0.3) is 0 Å². The third-order valence-electron chi connectivity index (χ3n) is 4.01. The molecule has 2 heterocycles. The van der Waals surface area contributed by atoms with Crippen molar-refractivity contribution in [3.05, 3.63) is 81.4 Å². The van der Waals surface area contributed by atoms with Gasteiger partial charge in [-0.15, -0.1) is 0 Å². The van der Waals surface area contributed by atoms with Crippen molar-refractivity contribution in [3.8, 4) is 17.0 Å². The maximum atomic E-state index is 10.0. The van der Waals surface area contributed by atoms with Gasteiger partial charge in [-0.1, -0.05) is 40.9 Å². The van der Waals surface area contributed by atoms with Gasteiger partial charge in [-0.25, -0.2) is 9.98 Å². The number of aliphatic imine (C=N–C) groups is 1. The predicted octanol–water partition coefficient (Wildman–Crippen LogP) is 6.42. The number of nitrogens with zero attached hydrogens (tertiary/aromatic N) is 3. The number of halogens is 3. The molecule has 0 unspecified atom stereocenters. The molecule has 0 aliphatic heterocycles. The maximum absolute atomic E-state index is 10.0. The van der Waals surface area contributed by atoms with Crippen LogP contribution in [-0.4, -0.2) is 20.7 Å². The van der Waals surface area contributed by atoms with E-state index in [9.17, 15) is 5.11 Å². The summed E-state index contributed by atoms with van der Waals surface area (Å²) in [5.74, 6) is 0.664. The smallest absolute Gasteiger partial charge is 0.165 e. The highest BCUT2D eigenvalue weighted by Crippen LogP contribution is 2.36. The molecule has 4 aromatic rings. The first-order valence-corrected chi connectivity index (χ1v) is 9.11. The fourth-order valence-corrected chi connectivity index (χ4v) is 3.41. The topological polar surface area (TPSA) is 49.9 Å². The molecule has 0 amide bonds. The summed E-state index contributed by atoms with van der Waals surface area (Å²) in [4.78, 5) is 9.23. The summed E-state index contributed by atoms with van der Waals surface area (Å²) in [5, 5.41) is 11.6. The van der Waals surface area contributed by atoms with Crippen molar-refractivity contribution in [2.75, 3.05) is 0 Å². The Bertz CT molecular complexity index is 1180. The van der Waals surface area contributed by atoms with Crippen LogP contribution in [0.2, 0.25) is 15.1 Å².